The summed E-state index contributed by atoms with van der Waals surface area (Å²) in [5.41, 5.74) is 0. The number of nitrogens with zero attached hydrogens (tertiary/aromatic N) is 1. The quantitative estimate of drug-likeness (QED) is 0.542. The van der Waals surface area contributed by atoms with Crippen LogP contribution in [0.2, 0.25) is 0 Å². The normalized spacial score (nSPS) is 18.3. The summed E-state index contributed by atoms with van der Waals surface area (Å²) < 4.78 is 6.00. The molecule has 1 heterocycles. The summed E-state index contributed by atoms with van der Waals surface area (Å²) in [6.45, 7) is 11.6. The molecule has 0 N–H and O–H groups in total. The van der Waals surface area contributed by atoms with E-state index >= 15 is 0 Å². The molecule has 0 aromatic heterocycles. The van der Waals surface area contributed by atoms with E-state index in [2.05, 4.69) is 25.7 Å². The Balaban J connectivity index is 1.96. The Bertz CT molecular complexity index is 197. The van der Waals surface area contributed by atoms with E-state index in [-0.39, 0.29) is 0 Å². The second-order valence-electron chi connectivity index (χ2n) is 6.51. The van der Waals surface area contributed by atoms with Crippen molar-refractivity contribution in [1.82, 2.24) is 4.90 Å². The van der Waals surface area contributed by atoms with E-state index in [1.54, 1.807) is 0 Å². The molecule has 2 nitrogen and oxygen atoms in total. The van der Waals surface area contributed by atoms with Crippen LogP contribution in [-0.4, -0.2) is 37.2 Å². The molecule has 114 valence electrons. The molecule has 19 heavy (non-hydrogen) atoms. The molecule has 0 spiro atoms. The van der Waals surface area contributed by atoms with Crippen LogP contribution in [0.5, 0.6) is 0 Å². The SMILES string of the molecule is CCCCCCN1CCC(OCCCC(C)C)CC1. The molecular formula is C17H35NO. The average Bonchev–Trinajstić information content (AvgIpc) is 2.41. The Hall–Kier alpha value is -0.0800. The van der Waals surface area contributed by atoms with E-state index in [0.29, 0.717) is 6.10 Å². The zero-order valence-corrected chi connectivity index (χ0v) is 13.5. The fourth-order valence-electron chi connectivity index (χ4n) is 2.80. The predicted octanol–water partition coefficient (Wildman–Crippen LogP) is 4.48. The second-order valence-corrected chi connectivity index (χ2v) is 6.51. The lowest BCUT2D eigenvalue weighted by atomic mass is 10.1. The van der Waals surface area contributed by atoms with Gasteiger partial charge in [0.15, 0.2) is 0 Å². The minimum Gasteiger partial charge on any atom is -0.378 e. The van der Waals surface area contributed by atoms with Gasteiger partial charge in [0.25, 0.3) is 0 Å². The van der Waals surface area contributed by atoms with E-state index in [9.17, 15) is 0 Å². The smallest absolute Gasteiger partial charge is 0.0599 e. The van der Waals surface area contributed by atoms with Crippen LogP contribution in [0.25, 0.3) is 0 Å². The number of hydrogen-bond acceptors (Lipinski definition) is 2. The monoisotopic (exact) mass is 269 g/mol. The van der Waals surface area contributed by atoms with Crippen LogP contribution in [0, 0.1) is 5.92 Å². The first-order valence-corrected chi connectivity index (χ1v) is 8.56. The summed E-state index contributed by atoms with van der Waals surface area (Å²) in [5, 5.41) is 0. The Morgan fingerprint density at radius 3 is 2.42 bits per heavy atom. The zero-order valence-electron chi connectivity index (χ0n) is 13.5. The molecule has 0 atom stereocenters. The molecule has 0 bridgehead atoms. The molecule has 0 aromatic rings. The lowest BCUT2D eigenvalue weighted by Crippen LogP contribution is -2.37. The van der Waals surface area contributed by atoms with Crippen molar-refractivity contribution in [3.8, 4) is 0 Å². The molecule has 0 unspecified atom stereocenters. The summed E-state index contributed by atoms with van der Waals surface area (Å²) in [7, 11) is 0. The highest BCUT2D eigenvalue weighted by molar-refractivity contribution is 4.72. The maximum Gasteiger partial charge on any atom is 0.0599 e. The fraction of sp³-hybridized carbons (Fsp3) is 1.00. The van der Waals surface area contributed by atoms with Gasteiger partial charge >= 0.3 is 0 Å². The van der Waals surface area contributed by atoms with Crippen LogP contribution in [-0.2, 0) is 4.74 Å². The highest BCUT2D eigenvalue weighted by atomic mass is 16.5. The number of ether oxygens (including phenoxy) is 1. The Morgan fingerprint density at radius 1 is 1.05 bits per heavy atom. The third kappa shape index (κ3) is 8.65. The lowest BCUT2D eigenvalue weighted by molar-refractivity contribution is 0.00494. The van der Waals surface area contributed by atoms with E-state index in [1.807, 2.05) is 0 Å². The van der Waals surface area contributed by atoms with Crippen molar-refractivity contribution >= 4 is 0 Å². The minimum atomic E-state index is 0.541. The Kier molecular flexibility index (Phi) is 9.54. The first-order chi connectivity index (χ1) is 9.22. The molecule has 0 radical (unpaired) electrons. The van der Waals surface area contributed by atoms with Gasteiger partial charge in [-0.2, -0.15) is 0 Å². The summed E-state index contributed by atoms with van der Waals surface area (Å²) in [6, 6.07) is 0. The van der Waals surface area contributed by atoms with Crippen molar-refractivity contribution in [1.29, 1.82) is 0 Å². The van der Waals surface area contributed by atoms with Gasteiger partial charge in [-0.3, -0.25) is 0 Å². The fourth-order valence-corrected chi connectivity index (χ4v) is 2.80. The number of likely N-dealkylation sites (tertiary alicyclic amines) is 1. The van der Waals surface area contributed by atoms with Crippen molar-refractivity contribution in [2.75, 3.05) is 26.2 Å². The van der Waals surface area contributed by atoms with Crippen LogP contribution < -0.4 is 0 Å². The van der Waals surface area contributed by atoms with Gasteiger partial charge in [-0.05, 0) is 44.6 Å². The van der Waals surface area contributed by atoms with Crippen molar-refractivity contribution in [3.05, 3.63) is 0 Å². The zero-order chi connectivity index (χ0) is 13.9. The van der Waals surface area contributed by atoms with Gasteiger partial charge in [-0.1, -0.05) is 40.0 Å². The van der Waals surface area contributed by atoms with Gasteiger partial charge in [0.2, 0.25) is 0 Å². The molecule has 0 amide bonds. The predicted molar refractivity (Wildman–Crippen MR) is 83.6 cm³/mol. The number of hydrogen-bond donors (Lipinski definition) is 0. The van der Waals surface area contributed by atoms with Crippen LogP contribution in [0.15, 0.2) is 0 Å². The molecule has 0 aliphatic carbocycles. The Morgan fingerprint density at radius 2 is 1.79 bits per heavy atom. The van der Waals surface area contributed by atoms with E-state index in [0.717, 1.165) is 12.5 Å². The van der Waals surface area contributed by atoms with Gasteiger partial charge in [0.05, 0.1) is 6.10 Å². The average molecular weight is 269 g/mol. The van der Waals surface area contributed by atoms with Crippen LogP contribution in [0.1, 0.15) is 72.1 Å². The Labute approximate surface area is 120 Å². The third-order valence-corrected chi connectivity index (χ3v) is 4.14. The van der Waals surface area contributed by atoms with Gasteiger partial charge in [0, 0.05) is 19.7 Å². The van der Waals surface area contributed by atoms with E-state index < -0.39 is 0 Å². The molecule has 1 aliphatic heterocycles. The van der Waals surface area contributed by atoms with Crippen LogP contribution in [0.3, 0.4) is 0 Å². The molecule has 1 rings (SSSR count). The standard InChI is InChI=1S/C17H35NO/c1-4-5-6-7-12-18-13-10-17(11-14-18)19-15-8-9-16(2)3/h16-17H,4-15H2,1-3H3. The molecule has 0 saturated carbocycles. The molecule has 1 fully saturated rings. The lowest BCUT2D eigenvalue weighted by Gasteiger charge is -2.32. The number of rotatable bonds is 10. The molecule has 1 aliphatic rings. The first-order valence-electron chi connectivity index (χ1n) is 8.56. The largest absolute Gasteiger partial charge is 0.378 e. The molecule has 2 heteroatoms. The summed E-state index contributed by atoms with van der Waals surface area (Å²) in [6.07, 6.45) is 11.1. The maximum atomic E-state index is 6.00. The molecular weight excluding hydrogens is 234 g/mol. The summed E-state index contributed by atoms with van der Waals surface area (Å²) >= 11 is 0. The van der Waals surface area contributed by atoms with Crippen LogP contribution >= 0.6 is 0 Å². The highest BCUT2D eigenvalue weighted by Gasteiger charge is 2.18. The molecule has 0 aromatic carbocycles. The van der Waals surface area contributed by atoms with Gasteiger partial charge in [0.1, 0.15) is 0 Å². The topological polar surface area (TPSA) is 12.5 Å². The minimum absolute atomic E-state index is 0.541. The van der Waals surface area contributed by atoms with E-state index in [4.69, 9.17) is 4.74 Å². The third-order valence-electron chi connectivity index (χ3n) is 4.14. The summed E-state index contributed by atoms with van der Waals surface area (Å²) in [5.74, 6) is 0.813. The van der Waals surface area contributed by atoms with Crippen molar-refractivity contribution < 1.29 is 4.74 Å². The van der Waals surface area contributed by atoms with Crippen molar-refractivity contribution in [2.45, 2.75) is 78.2 Å². The number of piperidine rings is 1. The van der Waals surface area contributed by atoms with Gasteiger partial charge in [-0.25, -0.2) is 0 Å². The highest BCUT2D eigenvalue weighted by Crippen LogP contribution is 2.15. The van der Waals surface area contributed by atoms with E-state index in [1.165, 1.54) is 71.0 Å². The summed E-state index contributed by atoms with van der Waals surface area (Å²) in [4.78, 5) is 2.63. The number of unbranched alkanes of at least 4 members (excludes halogenated alkanes) is 3. The molecule has 1 saturated heterocycles. The van der Waals surface area contributed by atoms with Crippen molar-refractivity contribution in [2.24, 2.45) is 5.92 Å². The first kappa shape index (κ1) is 17.0. The van der Waals surface area contributed by atoms with Crippen LogP contribution in [0.4, 0.5) is 0 Å². The maximum absolute atomic E-state index is 6.00. The van der Waals surface area contributed by atoms with Gasteiger partial charge in [-0.15, -0.1) is 0 Å². The van der Waals surface area contributed by atoms with Gasteiger partial charge < -0.3 is 9.64 Å². The second kappa shape index (κ2) is 10.7. The van der Waals surface area contributed by atoms with Crippen molar-refractivity contribution in [3.63, 3.8) is 0 Å².